The summed E-state index contributed by atoms with van der Waals surface area (Å²) in [5.41, 5.74) is 3.47. The van der Waals surface area contributed by atoms with Crippen LogP contribution >= 0.6 is 0 Å². The summed E-state index contributed by atoms with van der Waals surface area (Å²) in [7, 11) is 0. The molecular weight excluding hydrogens is 336 g/mol. The van der Waals surface area contributed by atoms with Crippen LogP contribution in [0, 0.1) is 0 Å². The first-order valence-corrected chi connectivity index (χ1v) is 11.6. The summed E-state index contributed by atoms with van der Waals surface area (Å²) in [6, 6.07) is 19.0. The van der Waals surface area contributed by atoms with Crippen LogP contribution in [0.5, 0.6) is 0 Å². The lowest BCUT2D eigenvalue weighted by Gasteiger charge is -2.31. The first-order chi connectivity index (χ1) is 13.9. The van der Waals surface area contributed by atoms with Crippen LogP contribution < -0.4 is 0 Å². The molecule has 0 spiro atoms. The van der Waals surface area contributed by atoms with E-state index in [1.807, 2.05) is 0 Å². The van der Waals surface area contributed by atoms with Gasteiger partial charge >= 0.3 is 0 Å². The Morgan fingerprint density at radius 2 is 1.14 bits per heavy atom. The molecule has 0 heterocycles. The number of benzene rings is 4. The molecule has 0 atom stereocenters. The normalized spacial score (nSPS) is 19.9. The van der Waals surface area contributed by atoms with Crippen molar-refractivity contribution in [3.05, 3.63) is 59.7 Å². The molecule has 2 aliphatic carbocycles. The maximum Gasteiger partial charge on any atom is -0.00237 e. The molecular formula is C28H30. The van der Waals surface area contributed by atoms with E-state index in [0.29, 0.717) is 0 Å². The highest BCUT2D eigenvalue weighted by atomic mass is 14.3. The van der Waals surface area contributed by atoms with E-state index in [9.17, 15) is 0 Å². The molecule has 0 radical (unpaired) electrons. The van der Waals surface area contributed by atoms with Crippen molar-refractivity contribution in [3.8, 4) is 0 Å². The molecule has 2 aliphatic rings. The van der Waals surface area contributed by atoms with Crippen molar-refractivity contribution in [1.82, 2.24) is 0 Å². The number of hydrogen-bond acceptors (Lipinski definition) is 0. The highest BCUT2D eigenvalue weighted by Crippen LogP contribution is 2.47. The molecule has 6 rings (SSSR count). The Morgan fingerprint density at radius 3 is 1.86 bits per heavy atom. The Labute approximate surface area is 168 Å². The third-order valence-electron chi connectivity index (χ3n) is 7.78. The van der Waals surface area contributed by atoms with Gasteiger partial charge in [0, 0.05) is 0 Å². The summed E-state index contributed by atoms with van der Waals surface area (Å²) in [5, 5.41) is 8.88. The molecule has 0 aromatic heterocycles. The van der Waals surface area contributed by atoms with Gasteiger partial charge in [0.2, 0.25) is 0 Å². The van der Waals surface area contributed by atoms with E-state index in [2.05, 4.69) is 48.5 Å². The van der Waals surface area contributed by atoms with Gasteiger partial charge < -0.3 is 0 Å². The van der Waals surface area contributed by atoms with Gasteiger partial charge in [0.15, 0.2) is 0 Å². The lowest BCUT2D eigenvalue weighted by molar-refractivity contribution is 0.421. The van der Waals surface area contributed by atoms with E-state index in [-0.39, 0.29) is 0 Å². The standard InChI is InChI=1S/C28H30/c1-3-8-19(9-4-1)25-18-23-15-14-21-12-7-13-22-16-17-24(28(23)26(21)22)27(25)20-10-5-2-6-11-20/h7,12-20H,1-6,8-11H2. The highest BCUT2D eigenvalue weighted by molar-refractivity contribution is 6.23. The largest absolute Gasteiger partial charge is 0.0610 e. The van der Waals surface area contributed by atoms with Crippen LogP contribution in [0.3, 0.4) is 0 Å². The van der Waals surface area contributed by atoms with E-state index >= 15 is 0 Å². The van der Waals surface area contributed by atoms with Crippen LogP contribution in [-0.4, -0.2) is 0 Å². The molecule has 142 valence electrons. The minimum absolute atomic E-state index is 0.773. The molecule has 0 unspecified atom stereocenters. The molecule has 4 aromatic carbocycles. The molecule has 28 heavy (non-hydrogen) atoms. The van der Waals surface area contributed by atoms with Gasteiger partial charge in [-0.25, -0.2) is 0 Å². The van der Waals surface area contributed by atoms with Crippen molar-refractivity contribution in [2.24, 2.45) is 0 Å². The smallest absolute Gasteiger partial charge is 0.00237 e. The second-order valence-corrected chi connectivity index (χ2v) is 9.41. The quantitative estimate of drug-likeness (QED) is 0.311. The van der Waals surface area contributed by atoms with Gasteiger partial charge in [-0.3, -0.25) is 0 Å². The topological polar surface area (TPSA) is 0 Å². The van der Waals surface area contributed by atoms with Gasteiger partial charge in [-0.15, -0.1) is 0 Å². The van der Waals surface area contributed by atoms with Crippen molar-refractivity contribution < 1.29 is 0 Å². The fourth-order valence-electron chi connectivity index (χ4n) is 6.45. The second-order valence-electron chi connectivity index (χ2n) is 9.41. The molecule has 2 saturated carbocycles. The second kappa shape index (κ2) is 6.76. The maximum absolute atomic E-state index is 2.62. The van der Waals surface area contributed by atoms with E-state index in [1.165, 1.54) is 91.1 Å². The summed E-state index contributed by atoms with van der Waals surface area (Å²) >= 11 is 0. The van der Waals surface area contributed by atoms with E-state index in [4.69, 9.17) is 0 Å². The van der Waals surface area contributed by atoms with Gasteiger partial charge in [-0.1, -0.05) is 87.1 Å². The summed E-state index contributed by atoms with van der Waals surface area (Å²) in [6.45, 7) is 0. The van der Waals surface area contributed by atoms with Crippen LogP contribution in [0.4, 0.5) is 0 Å². The number of rotatable bonds is 2. The van der Waals surface area contributed by atoms with Crippen LogP contribution in [0.15, 0.2) is 48.5 Å². The Bertz CT molecular complexity index is 1110. The molecule has 0 amide bonds. The van der Waals surface area contributed by atoms with Gasteiger partial charge in [0.05, 0.1) is 0 Å². The van der Waals surface area contributed by atoms with Crippen molar-refractivity contribution in [3.63, 3.8) is 0 Å². The molecule has 0 N–H and O–H groups in total. The van der Waals surface area contributed by atoms with Crippen LogP contribution in [0.1, 0.15) is 87.2 Å². The number of hydrogen-bond donors (Lipinski definition) is 0. The monoisotopic (exact) mass is 366 g/mol. The van der Waals surface area contributed by atoms with E-state index in [1.54, 1.807) is 16.5 Å². The lowest BCUT2D eigenvalue weighted by Crippen LogP contribution is -2.13. The predicted molar refractivity (Wildman–Crippen MR) is 122 cm³/mol. The van der Waals surface area contributed by atoms with E-state index < -0.39 is 0 Å². The lowest BCUT2D eigenvalue weighted by atomic mass is 9.73. The van der Waals surface area contributed by atoms with Crippen LogP contribution in [0.25, 0.3) is 32.3 Å². The van der Waals surface area contributed by atoms with Crippen molar-refractivity contribution in [1.29, 1.82) is 0 Å². The summed E-state index contributed by atoms with van der Waals surface area (Å²) < 4.78 is 0. The SMILES string of the molecule is c1cc2ccc3cc(C4CCCCC4)c(C4CCCCC4)c4ccc(c1)c2c34. The summed E-state index contributed by atoms with van der Waals surface area (Å²) in [5.74, 6) is 1.56. The molecule has 0 saturated heterocycles. The molecule has 2 fully saturated rings. The van der Waals surface area contributed by atoms with Gasteiger partial charge in [0.1, 0.15) is 0 Å². The molecule has 4 aromatic rings. The van der Waals surface area contributed by atoms with Gasteiger partial charge in [0.25, 0.3) is 0 Å². The molecule has 0 nitrogen and oxygen atoms in total. The zero-order valence-corrected chi connectivity index (χ0v) is 16.8. The predicted octanol–water partition coefficient (Wildman–Crippen LogP) is 8.68. The first-order valence-electron chi connectivity index (χ1n) is 11.6. The summed E-state index contributed by atoms with van der Waals surface area (Å²) in [4.78, 5) is 0. The Kier molecular flexibility index (Phi) is 4.07. The molecule has 0 heteroatoms. The summed E-state index contributed by atoms with van der Waals surface area (Å²) in [6.07, 6.45) is 14.1. The average Bonchev–Trinajstić information content (AvgIpc) is 2.78. The van der Waals surface area contributed by atoms with Crippen molar-refractivity contribution in [2.45, 2.75) is 76.0 Å². The first kappa shape index (κ1) is 16.8. The van der Waals surface area contributed by atoms with Gasteiger partial charge in [-0.2, -0.15) is 0 Å². The van der Waals surface area contributed by atoms with Gasteiger partial charge in [-0.05, 0) is 81.0 Å². The zero-order chi connectivity index (χ0) is 18.5. The minimum atomic E-state index is 0.773. The Morgan fingerprint density at radius 1 is 0.536 bits per heavy atom. The minimum Gasteiger partial charge on any atom is -0.0610 e. The van der Waals surface area contributed by atoms with Crippen molar-refractivity contribution >= 4 is 32.3 Å². The average molecular weight is 367 g/mol. The fraction of sp³-hybridized carbons (Fsp3) is 0.429. The van der Waals surface area contributed by atoms with E-state index in [0.717, 1.165) is 11.8 Å². The van der Waals surface area contributed by atoms with Crippen molar-refractivity contribution in [2.75, 3.05) is 0 Å². The molecule has 0 bridgehead atoms. The van der Waals surface area contributed by atoms with Crippen LogP contribution in [-0.2, 0) is 0 Å². The third-order valence-corrected chi connectivity index (χ3v) is 7.78. The Hall–Kier alpha value is -2.08. The third kappa shape index (κ3) is 2.57. The molecule has 0 aliphatic heterocycles. The highest BCUT2D eigenvalue weighted by Gasteiger charge is 2.27. The zero-order valence-electron chi connectivity index (χ0n) is 16.8. The fourth-order valence-corrected chi connectivity index (χ4v) is 6.45. The van der Waals surface area contributed by atoms with Crippen LogP contribution in [0.2, 0.25) is 0 Å². The Balaban J connectivity index is 1.69. The maximum atomic E-state index is 2.62.